The number of nitrogens with one attached hydrogen (secondary N) is 1. The van der Waals surface area contributed by atoms with Crippen LogP contribution < -0.4 is 14.8 Å². The number of ether oxygens (including phenoxy) is 7. The predicted molar refractivity (Wildman–Crippen MR) is 154 cm³/mol. The molecule has 0 spiro atoms. The summed E-state index contributed by atoms with van der Waals surface area (Å²) in [6.07, 6.45) is -1.58. The number of esters is 1. The molecule has 42 heavy (non-hydrogen) atoms. The minimum atomic E-state index is -0.969. The number of methoxy groups -OCH3 is 1. The number of carbonyl (C=O) groups excluding carboxylic acids is 4. The van der Waals surface area contributed by atoms with E-state index in [-0.39, 0.29) is 62.0 Å². The summed E-state index contributed by atoms with van der Waals surface area (Å²) in [5.41, 5.74) is 0.549. The zero-order chi connectivity index (χ0) is 31.7. The lowest BCUT2D eigenvalue weighted by atomic mass is 10.0. The maximum Gasteiger partial charge on any atom is 0.513 e. The van der Waals surface area contributed by atoms with Gasteiger partial charge < -0.3 is 38.5 Å². The van der Waals surface area contributed by atoms with Crippen LogP contribution in [-0.4, -0.2) is 70.1 Å². The van der Waals surface area contributed by atoms with Crippen LogP contribution in [0.3, 0.4) is 0 Å². The van der Waals surface area contributed by atoms with Crippen LogP contribution in [0.4, 0.5) is 14.4 Å². The lowest BCUT2D eigenvalue weighted by Crippen LogP contribution is -2.43. The van der Waals surface area contributed by atoms with E-state index in [0.29, 0.717) is 5.56 Å². The molecule has 0 fully saturated rings. The van der Waals surface area contributed by atoms with E-state index in [1.807, 2.05) is 41.5 Å². The van der Waals surface area contributed by atoms with Gasteiger partial charge in [-0.2, -0.15) is 0 Å². The normalized spacial score (nSPS) is 13.7. The van der Waals surface area contributed by atoms with E-state index in [4.69, 9.17) is 33.2 Å². The Bertz CT molecular complexity index is 997. The molecular formula is C30H47NO11. The van der Waals surface area contributed by atoms with Crippen LogP contribution in [0.2, 0.25) is 0 Å². The Morgan fingerprint density at radius 1 is 0.762 bits per heavy atom. The molecule has 12 heteroatoms. The van der Waals surface area contributed by atoms with Gasteiger partial charge in [-0.25, -0.2) is 14.4 Å². The predicted octanol–water partition coefficient (Wildman–Crippen LogP) is 5.68. The van der Waals surface area contributed by atoms with Gasteiger partial charge in [0, 0.05) is 6.54 Å². The fourth-order valence-electron chi connectivity index (χ4n) is 3.14. The summed E-state index contributed by atoms with van der Waals surface area (Å²) in [6.45, 7) is 14.0. The van der Waals surface area contributed by atoms with Crippen molar-refractivity contribution in [1.29, 1.82) is 0 Å². The Morgan fingerprint density at radius 2 is 1.31 bits per heavy atom. The summed E-state index contributed by atoms with van der Waals surface area (Å²) >= 11 is 0. The standard InChI is InChI=1S/C30H47NO11/c1-9-20(5)17-38-29(34)41-25-12-11-23(14-26(25)42-30(35)39-18-21(6)10-2)13-24(27(32)36-8)31-15-22(7)40-28(33)37-16-19(3)4/h11-12,14,19-22,24,31H,9-10,13,15-18H2,1-8H3/t20?,21?,22?,24-/m0/s1. The van der Waals surface area contributed by atoms with Crippen LogP contribution in [-0.2, 0) is 34.9 Å². The van der Waals surface area contributed by atoms with Gasteiger partial charge in [0.2, 0.25) is 0 Å². The van der Waals surface area contributed by atoms with Gasteiger partial charge in [0.25, 0.3) is 0 Å². The molecule has 1 N–H and O–H groups in total. The lowest BCUT2D eigenvalue weighted by Gasteiger charge is -2.20. The van der Waals surface area contributed by atoms with Gasteiger partial charge in [-0.3, -0.25) is 4.79 Å². The molecule has 0 saturated carbocycles. The van der Waals surface area contributed by atoms with Crippen LogP contribution >= 0.6 is 0 Å². The molecular weight excluding hydrogens is 550 g/mol. The molecule has 0 aromatic heterocycles. The molecule has 0 heterocycles. The van der Waals surface area contributed by atoms with Crippen LogP contribution in [0.1, 0.15) is 66.9 Å². The molecule has 238 valence electrons. The second-order valence-corrected chi connectivity index (χ2v) is 10.7. The molecule has 0 bridgehead atoms. The third-order valence-corrected chi connectivity index (χ3v) is 6.17. The van der Waals surface area contributed by atoms with Crippen LogP contribution in [0.25, 0.3) is 0 Å². The highest BCUT2D eigenvalue weighted by Crippen LogP contribution is 2.30. The van der Waals surface area contributed by atoms with Crippen molar-refractivity contribution in [2.75, 3.05) is 33.5 Å². The van der Waals surface area contributed by atoms with Crippen molar-refractivity contribution in [3.63, 3.8) is 0 Å². The monoisotopic (exact) mass is 597 g/mol. The number of hydrogen-bond donors (Lipinski definition) is 1. The van der Waals surface area contributed by atoms with Gasteiger partial charge in [-0.15, -0.1) is 0 Å². The number of rotatable bonds is 17. The summed E-state index contributed by atoms with van der Waals surface area (Å²) in [6, 6.07) is 3.66. The first kappa shape index (κ1) is 36.5. The van der Waals surface area contributed by atoms with E-state index in [1.165, 1.54) is 19.2 Å². The van der Waals surface area contributed by atoms with Gasteiger partial charge in [0.05, 0.1) is 26.9 Å². The highest BCUT2D eigenvalue weighted by atomic mass is 16.7. The quantitative estimate of drug-likeness (QED) is 0.134. The molecule has 0 aliphatic heterocycles. The maximum absolute atomic E-state index is 12.5. The SMILES string of the molecule is CCC(C)COC(=O)Oc1ccc(C[C@H](NCC(C)OC(=O)OCC(C)C)C(=O)OC)cc1OC(=O)OCC(C)CC. The fourth-order valence-corrected chi connectivity index (χ4v) is 3.14. The van der Waals surface area contributed by atoms with Crippen LogP contribution in [0.15, 0.2) is 18.2 Å². The van der Waals surface area contributed by atoms with Crippen LogP contribution in [0, 0.1) is 17.8 Å². The van der Waals surface area contributed by atoms with Crippen molar-refractivity contribution in [3.8, 4) is 11.5 Å². The van der Waals surface area contributed by atoms with E-state index in [9.17, 15) is 19.2 Å². The zero-order valence-corrected chi connectivity index (χ0v) is 26.1. The average Bonchev–Trinajstić information content (AvgIpc) is 2.96. The molecule has 0 aliphatic rings. The van der Waals surface area contributed by atoms with Crippen LogP contribution in [0.5, 0.6) is 11.5 Å². The van der Waals surface area contributed by atoms with E-state index in [2.05, 4.69) is 5.32 Å². The zero-order valence-electron chi connectivity index (χ0n) is 26.1. The van der Waals surface area contributed by atoms with Crippen molar-refractivity contribution in [1.82, 2.24) is 5.32 Å². The summed E-state index contributed by atoms with van der Waals surface area (Å²) in [5.74, 6) is -0.266. The fraction of sp³-hybridized carbons (Fsp3) is 0.667. The summed E-state index contributed by atoms with van der Waals surface area (Å²) in [4.78, 5) is 49.1. The average molecular weight is 598 g/mol. The first-order valence-corrected chi connectivity index (χ1v) is 14.3. The second kappa shape index (κ2) is 19.6. The minimum absolute atomic E-state index is 0.0575. The summed E-state index contributed by atoms with van der Waals surface area (Å²) in [5, 5.41) is 3.02. The number of hydrogen-bond acceptors (Lipinski definition) is 12. The van der Waals surface area contributed by atoms with Gasteiger partial charge in [0.1, 0.15) is 12.1 Å². The van der Waals surface area contributed by atoms with E-state index >= 15 is 0 Å². The Hall–Kier alpha value is -3.54. The number of benzene rings is 1. The van der Waals surface area contributed by atoms with E-state index in [1.54, 1.807) is 13.0 Å². The first-order chi connectivity index (χ1) is 19.9. The smallest absolute Gasteiger partial charge is 0.468 e. The maximum atomic E-state index is 12.5. The molecule has 1 aromatic rings. The van der Waals surface area contributed by atoms with Gasteiger partial charge in [-0.1, -0.05) is 60.5 Å². The highest BCUT2D eigenvalue weighted by Gasteiger charge is 2.24. The summed E-state index contributed by atoms with van der Waals surface area (Å²) in [7, 11) is 1.25. The highest BCUT2D eigenvalue weighted by molar-refractivity contribution is 5.76. The molecule has 12 nitrogen and oxygen atoms in total. The van der Waals surface area contributed by atoms with Crippen molar-refractivity contribution < 1.29 is 52.3 Å². The molecule has 1 aromatic carbocycles. The third-order valence-electron chi connectivity index (χ3n) is 6.17. The second-order valence-electron chi connectivity index (χ2n) is 10.7. The molecule has 4 atom stereocenters. The first-order valence-electron chi connectivity index (χ1n) is 14.3. The molecule has 0 radical (unpaired) electrons. The molecule has 0 aliphatic carbocycles. The third kappa shape index (κ3) is 14.9. The van der Waals surface area contributed by atoms with E-state index in [0.717, 1.165) is 12.8 Å². The van der Waals surface area contributed by atoms with Gasteiger partial charge in [-0.05, 0) is 48.8 Å². The molecule has 0 saturated heterocycles. The van der Waals surface area contributed by atoms with Gasteiger partial charge >= 0.3 is 24.4 Å². The van der Waals surface area contributed by atoms with Crippen molar-refractivity contribution in [2.45, 2.75) is 79.9 Å². The Balaban J connectivity index is 3.03. The Labute approximate surface area is 248 Å². The summed E-state index contributed by atoms with van der Waals surface area (Å²) < 4.78 is 36.2. The topological polar surface area (TPSA) is 145 Å². The Morgan fingerprint density at radius 3 is 1.83 bits per heavy atom. The molecule has 1 rings (SSSR count). The Kier molecular flexibility index (Phi) is 17.0. The van der Waals surface area contributed by atoms with Crippen molar-refractivity contribution >= 4 is 24.4 Å². The molecule has 3 unspecified atom stereocenters. The lowest BCUT2D eigenvalue weighted by molar-refractivity contribution is -0.143. The molecule has 0 amide bonds. The van der Waals surface area contributed by atoms with E-state index < -0.39 is 36.6 Å². The minimum Gasteiger partial charge on any atom is -0.468 e. The van der Waals surface area contributed by atoms with Crippen molar-refractivity contribution in [3.05, 3.63) is 23.8 Å². The van der Waals surface area contributed by atoms with Crippen molar-refractivity contribution in [2.24, 2.45) is 17.8 Å². The largest absolute Gasteiger partial charge is 0.513 e. The number of carbonyl (C=O) groups is 4. The van der Waals surface area contributed by atoms with Gasteiger partial charge in [0.15, 0.2) is 11.5 Å².